The van der Waals surface area contributed by atoms with Gasteiger partial charge in [-0.25, -0.2) is 9.59 Å². The van der Waals surface area contributed by atoms with Gasteiger partial charge in [-0.3, -0.25) is 14.6 Å². The number of rotatable bonds is 6. The highest BCUT2D eigenvalue weighted by Crippen LogP contribution is 2.69. The number of pyridine rings is 1. The van der Waals surface area contributed by atoms with Gasteiger partial charge >= 0.3 is 23.9 Å². The van der Waals surface area contributed by atoms with Gasteiger partial charge in [0, 0.05) is 26.2 Å². The van der Waals surface area contributed by atoms with Gasteiger partial charge in [-0.1, -0.05) is 18.2 Å². The molecule has 1 saturated heterocycles. The van der Waals surface area contributed by atoms with Crippen LogP contribution in [0.4, 0.5) is 0 Å². The highest BCUT2D eigenvalue weighted by molar-refractivity contribution is 5.90. The molecule has 1 aromatic carbocycles. The summed E-state index contributed by atoms with van der Waals surface area (Å²) in [5.74, 6) is -3.65. The van der Waals surface area contributed by atoms with Crippen LogP contribution in [0.5, 0.6) is 0 Å². The predicted octanol–water partition coefficient (Wildman–Crippen LogP) is 3.42. The molecular formula is C32H37NO10. The summed E-state index contributed by atoms with van der Waals surface area (Å²) in [6.07, 6.45) is -1.61. The lowest BCUT2D eigenvalue weighted by Crippen LogP contribution is -2.81. The zero-order valence-electron chi connectivity index (χ0n) is 25.1. The zero-order chi connectivity index (χ0) is 31.4. The molecule has 5 rings (SSSR count). The Morgan fingerprint density at radius 3 is 2.05 bits per heavy atom. The second-order valence-electron chi connectivity index (χ2n) is 12.5. The number of aliphatic hydroxyl groups is 1. The molecule has 2 aromatic rings. The van der Waals surface area contributed by atoms with Crippen molar-refractivity contribution in [1.82, 2.24) is 4.98 Å². The molecule has 43 heavy (non-hydrogen) atoms. The molecular weight excluding hydrogens is 558 g/mol. The second kappa shape index (κ2) is 10.7. The van der Waals surface area contributed by atoms with E-state index in [1.54, 1.807) is 64.1 Å². The van der Waals surface area contributed by atoms with Crippen LogP contribution in [-0.2, 0) is 33.3 Å². The Hall–Kier alpha value is -3.83. The van der Waals surface area contributed by atoms with Crippen molar-refractivity contribution < 1.29 is 48.0 Å². The minimum atomic E-state index is -1.79. The molecule has 11 nitrogen and oxygen atoms in total. The molecule has 8 atom stereocenters. The van der Waals surface area contributed by atoms with Gasteiger partial charge in [0.25, 0.3) is 0 Å². The van der Waals surface area contributed by atoms with Crippen molar-refractivity contribution in [1.29, 1.82) is 0 Å². The Balaban J connectivity index is 1.75. The van der Waals surface area contributed by atoms with Crippen molar-refractivity contribution >= 4 is 23.9 Å². The van der Waals surface area contributed by atoms with Crippen LogP contribution in [0.1, 0.15) is 75.1 Å². The zero-order valence-corrected chi connectivity index (χ0v) is 25.1. The Morgan fingerprint density at radius 1 is 0.837 bits per heavy atom. The summed E-state index contributed by atoms with van der Waals surface area (Å²) in [6.45, 7) is 9.18. The smallest absolute Gasteiger partial charge is 0.340 e. The van der Waals surface area contributed by atoms with E-state index in [4.69, 9.17) is 23.7 Å². The van der Waals surface area contributed by atoms with Crippen molar-refractivity contribution in [2.75, 3.05) is 0 Å². The van der Waals surface area contributed by atoms with Gasteiger partial charge in [-0.2, -0.15) is 0 Å². The number of aromatic nitrogens is 1. The number of ether oxygens (including phenoxy) is 5. The normalized spacial score (nSPS) is 35.7. The number of nitrogens with zero attached hydrogens (tertiary/aromatic N) is 1. The topological polar surface area (TPSA) is 148 Å². The van der Waals surface area contributed by atoms with Crippen molar-refractivity contribution in [3.05, 3.63) is 66.0 Å². The number of hydrogen-bond acceptors (Lipinski definition) is 11. The molecule has 2 aliphatic carbocycles. The average molecular weight is 596 g/mol. The van der Waals surface area contributed by atoms with Crippen LogP contribution in [0.2, 0.25) is 0 Å². The quantitative estimate of drug-likeness (QED) is 0.387. The SMILES string of the molecule is CC(=O)O[C@@H]1[C@@H]2[C@@H](OC(=O)c3cccnc3)[C@@]3(OC2(C)C)[C@@](C)([C@@H](OC(C)=O)CC[C@]3(C)O)[C@H]1OC(=O)c1ccccc1. The molecule has 1 aromatic heterocycles. The number of carbonyl (C=O) groups excluding carboxylic acids is 4. The third kappa shape index (κ3) is 4.78. The second-order valence-corrected chi connectivity index (χ2v) is 12.5. The van der Waals surface area contributed by atoms with Gasteiger partial charge in [-0.05, 0) is 64.8 Å². The molecule has 1 N–H and O–H groups in total. The lowest BCUT2D eigenvalue weighted by molar-refractivity contribution is -0.335. The maximum atomic E-state index is 13.6. The van der Waals surface area contributed by atoms with E-state index < -0.39 is 76.4 Å². The highest BCUT2D eigenvalue weighted by Gasteiger charge is 2.85. The first-order valence-electron chi connectivity index (χ1n) is 14.3. The molecule has 2 bridgehead atoms. The fraction of sp³-hybridized carbons (Fsp3) is 0.531. The van der Waals surface area contributed by atoms with Crippen molar-refractivity contribution in [2.24, 2.45) is 11.3 Å². The summed E-state index contributed by atoms with van der Waals surface area (Å²) >= 11 is 0. The van der Waals surface area contributed by atoms with Gasteiger partial charge in [0.15, 0.2) is 6.10 Å². The van der Waals surface area contributed by atoms with Crippen molar-refractivity contribution in [3.8, 4) is 0 Å². The van der Waals surface area contributed by atoms with Crippen molar-refractivity contribution in [3.63, 3.8) is 0 Å². The van der Waals surface area contributed by atoms with Crippen molar-refractivity contribution in [2.45, 2.75) is 95.6 Å². The molecule has 2 saturated carbocycles. The maximum absolute atomic E-state index is 13.6. The van der Waals surface area contributed by atoms with Crippen LogP contribution in [0.15, 0.2) is 54.9 Å². The first-order valence-corrected chi connectivity index (χ1v) is 14.3. The predicted molar refractivity (Wildman–Crippen MR) is 150 cm³/mol. The molecule has 1 spiro atoms. The molecule has 1 aliphatic heterocycles. The van der Waals surface area contributed by atoms with Gasteiger partial charge in [0.2, 0.25) is 0 Å². The largest absolute Gasteiger partial charge is 0.462 e. The van der Waals surface area contributed by atoms with E-state index in [-0.39, 0.29) is 24.0 Å². The lowest BCUT2D eigenvalue weighted by Gasteiger charge is -2.65. The summed E-state index contributed by atoms with van der Waals surface area (Å²) < 4.78 is 31.1. The average Bonchev–Trinajstić information content (AvgIpc) is 3.16. The number of benzene rings is 1. The van der Waals surface area contributed by atoms with Crippen LogP contribution in [0.3, 0.4) is 0 Å². The van der Waals surface area contributed by atoms with Crippen LogP contribution in [0.25, 0.3) is 0 Å². The molecule has 230 valence electrons. The monoisotopic (exact) mass is 595 g/mol. The van der Waals surface area contributed by atoms with E-state index in [2.05, 4.69) is 4.98 Å². The molecule has 3 fully saturated rings. The summed E-state index contributed by atoms with van der Waals surface area (Å²) in [5.41, 5.74) is -5.87. The van der Waals surface area contributed by atoms with E-state index in [0.29, 0.717) is 0 Å². The Bertz CT molecular complexity index is 1410. The third-order valence-electron chi connectivity index (χ3n) is 9.34. The standard InChI is InChI=1S/C32H37NO10/c1-18(34)39-22-14-15-30(5,38)32-25(41-28(37)21-13-10-16-33-17-21)23(29(3,4)43-32)24(40-19(2)35)26(31(22,32)6)42-27(36)20-11-8-7-9-12-20/h7-13,16-17,22-26,38H,14-15H2,1-6H3/t22-,23+,24+,25+,26-,30-,31-,32-/m0/s1. The fourth-order valence-electron chi connectivity index (χ4n) is 7.68. The molecule has 3 aliphatic rings. The Labute approximate surface area is 249 Å². The van der Waals surface area contributed by atoms with Gasteiger partial charge in [0.1, 0.15) is 23.9 Å². The minimum absolute atomic E-state index is 0.0991. The molecule has 11 heteroatoms. The van der Waals surface area contributed by atoms with E-state index in [1.165, 1.54) is 32.3 Å². The van der Waals surface area contributed by atoms with Crippen LogP contribution in [0, 0.1) is 11.3 Å². The highest BCUT2D eigenvalue weighted by atomic mass is 16.6. The summed E-state index contributed by atoms with van der Waals surface area (Å²) in [7, 11) is 0. The van der Waals surface area contributed by atoms with E-state index >= 15 is 0 Å². The molecule has 0 amide bonds. The maximum Gasteiger partial charge on any atom is 0.340 e. The number of carbonyl (C=O) groups is 4. The minimum Gasteiger partial charge on any atom is -0.462 e. The van der Waals surface area contributed by atoms with Crippen LogP contribution < -0.4 is 0 Å². The number of fused-ring (bicyclic) bond motifs is 1. The Kier molecular flexibility index (Phi) is 7.63. The van der Waals surface area contributed by atoms with E-state index in [0.717, 1.165) is 0 Å². The van der Waals surface area contributed by atoms with Gasteiger partial charge < -0.3 is 28.8 Å². The third-order valence-corrected chi connectivity index (χ3v) is 9.34. The number of esters is 4. The van der Waals surface area contributed by atoms with E-state index in [1.807, 2.05) is 0 Å². The summed E-state index contributed by atoms with van der Waals surface area (Å²) in [6, 6.07) is 11.4. The first kappa shape index (κ1) is 30.6. The van der Waals surface area contributed by atoms with Gasteiger partial charge in [0.05, 0.1) is 33.7 Å². The summed E-state index contributed by atoms with van der Waals surface area (Å²) in [4.78, 5) is 56.3. The molecule has 0 unspecified atom stereocenters. The molecule has 0 radical (unpaired) electrons. The number of hydrogen-bond donors (Lipinski definition) is 1. The Morgan fingerprint density at radius 2 is 1.44 bits per heavy atom. The first-order chi connectivity index (χ1) is 20.2. The van der Waals surface area contributed by atoms with Crippen LogP contribution in [-0.4, -0.2) is 75.2 Å². The van der Waals surface area contributed by atoms with E-state index in [9.17, 15) is 24.3 Å². The summed E-state index contributed by atoms with van der Waals surface area (Å²) in [5, 5.41) is 12.3. The van der Waals surface area contributed by atoms with Crippen LogP contribution >= 0.6 is 0 Å². The molecule has 2 heterocycles. The lowest BCUT2D eigenvalue weighted by atomic mass is 9.47. The van der Waals surface area contributed by atoms with Gasteiger partial charge in [-0.15, -0.1) is 0 Å². The fourth-order valence-corrected chi connectivity index (χ4v) is 7.68.